The first kappa shape index (κ1) is 18.9. The van der Waals surface area contributed by atoms with Crippen LogP contribution in [0.4, 0.5) is 21.5 Å². The number of aryl methyl sites for hydroxylation is 1. The molecule has 0 amide bonds. The number of benzene rings is 2. The van der Waals surface area contributed by atoms with E-state index in [4.69, 9.17) is 11.5 Å². The SMILES string of the molecule is CCn1cc(C(=O)O)c(=O)c2c(N)c(F)c(Nc3ccc([C@@H]4C[C@H]4N)cc3)cc21. The van der Waals surface area contributed by atoms with E-state index in [2.05, 4.69) is 5.32 Å². The largest absolute Gasteiger partial charge is 0.477 e. The van der Waals surface area contributed by atoms with Gasteiger partial charge < -0.3 is 26.5 Å². The number of aromatic carboxylic acids is 1. The molecule has 29 heavy (non-hydrogen) atoms. The minimum Gasteiger partial charge on any atom is -0.477 e. The Morgan fingerprint density at radius 1 is 1.34 bits per heavy atom. The first-order chi connectivity index (χ1) is 13.8. The topological polar surface area (TPSA) is 123 Å². The monoisotopic (exact) mass is 396 g/mol. The number of hydrogen-bond acceptors (Lipinski definition) is 5. The van der Waals surface area contributed by atoms with Gasteiger partial charge in [-0.25, -0.2) is 9.18 Å². The number of carbonyl (C=O) groups is 1. The van der Waals surface area contributed by atoms with E-state index in [9.17, 15) is 19.1 Å². The second-order valence-electron chi connectivity index (χ2n) is 7.26. The summed E-state index contributed by atoms with van der Waals surface area (Å²) < 4.78 is 16.5. The van der Waals surface area contributed by atoms with Gasteiger partial charge in [0.15, 0.2) is 5.82 Å². The van der Waals surface area contributed by atoms with Crippen LogP contribution in [0.2, 0.25) is 0 Å². The predicted octanol–water partition coefficient (Wildman–Crippen LogP) is 3.00. The highest BCUT2D eigenvalue weighted by molar-refractivity contribution is 5.99. The highest BCUT2D eigenvalue weighted by Crippen LogP contribution is 2.39. The lowest BCUT2D eigenvalue weighted by Gasteiger charge is -2.16. The van der Waals surface area contributed by atoms with E-state index in [0.717, 1.165) is 12.0 Å². The van der Waals surface area contributed by atoms with Crippen molar-refractivity contribution in [3.05, 3.63) is 63.7 Å². The van der Waals surface area contributed by atoms with Crippen LogP contribution in [-0.2, 0) is 6.54 Å². The van der Waals surface area contributed by atoms with Crippen LogP contribution in [0, 0.1) is 5.82 Å². The fourth-order valence-corrected chi connectivity index (χ4v) is 3.62. The smallest absolute Gasteiger partial charge is 0.341 e. The molecule has 0 radical (unpaired) electrons. The lowest BCUT2D eigenvalue weighted by atomic mass is 10.1. The van der Waals surface area contributed by atoms with Crippen LogP contribution < -0.4 is 22.2 Å². The summed E-state index contributed by atoms with van der Waals surface area (Å²) in [5, 5.41) is 12.1. The van der Waals surface area contributed by atoms with Crippen LogP contribution in [0.1, 0.15) is 35.2 Å². The molecule has 4 rings (SSSR count). The molecule has 1 heterocycles. The van der Waals surface area contributed by atoms with E-state index < -0.39 is 22.8 Å². The minimum absolute atomic E-state index is 0.107. The number of nitrogens with two attached hydrogens (primary N) is 2. The number of carboxylic acids is 1. The molecule has 0 bridgehead atoms. The number of nitrogen functional groups attached to an aromatic ring is 1. The molecular weight excluding hydrogens is 375 g/mol. The fraction of sp³-hybridized carbons (Fsp3) is 0.238. The van der Waals surface area contributed by atoms with Crippen LogP contribution in [0.3, 0.4) is 0 Å². The molecular formula is C21H21FN4O3. The summed E-state index contributed by atoms with van der Waals surface area (Å²) in [6.45, 7) is 2.18. The van der Waals surface area contributed by atoms with Crippen molar-refractivity contribution in [2.24, 2.45) is 5.73 Å². The Morgan fingerprint density at radius 2 is 2.00 bits per heavy atom. The van der Waals surface area contributed by atoms with Crippen LogP contribution >= 0.6 is 0 Å². The maximum atomic E-state index is 14.9. The van der Waals surface area contributed by atoms with Gasteiger partial charge in [0.1, 0.15) is 5.56 Å². The highest BCUT2D eigenvalue weighted by atomic mass is 19.1. The molecule has 1 aliphatic carbocycles. The van der Waals surface area contributed by atoms with Gasteiger partial charge >= 0.3 is 5.97 Å². The van der Waals surface area contributed by atoms with Gasteiger partial charge in [-0.05, 0) is 37.1 Å². The van der Waals surface area contributed by atoms with Gasteiger partial charge in [0.05, 0.1) is 22.3 Å². The zero-order valence-corrected chi connectivity index (χ0v) is 15.8. The van der Waals surface area contributed by atoms with E-state index in [-0.39, 0.29) is 22.8 Å². The molecule has 6 N–H and O–H groups in total. The maximum Gasteiger partial charge on any atom is 0.341 e. The first-order valence-electron chi connectivity index (χ1n) is 9.32. The number of rotatable bonds is 5. The fourth-order valence-electron chi connectivity index (χ4n) is 3.62. The summed E-state index contributed by atoms with van der Waals surface area (Å²) in [7, 11) is 0. The van der Waals surface area contributed by atoms with Crippen LogP contribution in [0.25, 0.3) is 10.9 Å². The molecule has 8 heteroatoms. The molecule has 7 nitrogen and oxygen atoms in total. The average Bonchev–Trinajstić information content (AvgIpc) is 3.42. The predicted molar refractivity (Wildman–Crippen MR) is 110 cm³/mol. The van der Waals surface area contributed by atoms with E-state index in [1.807, 2.05) is 24.3 Å². The summed E-state index contributed by atoms with van der Waals surface area (Å²) >= 11 is 0. The second-order valence-corrected chi connectivity index (χ2v) is 7.26. The average molecular weight is 396 g/mol. The number of nitrogens with zero attached hydrogens (tertiary/aromatic N) is 1. The molecule has 2 aromatic carbocycles. The van der Waals surface area contributed by atoms with Crippen LogP contribution in [0.5, 0.6) is 0 Å². The Balaban J connectivity index is 1.79. The summed E-state index contributed by atoms with van der Waals surface area (Å²) in [6.07, 6.45) is 2.22. The normalized spacial score (nSPS) is 18.0. The van der Waals surface area contributed by atoms with Gasteiger partial charge in [-0.3, -0.25) is 4.79 Å². The lowest BCUT2D eigenvalue weighted by Crippen LogP contribution is -2.20. The van der Waals surface area contributed by atoms with Crippen molar-refractivity contribution in [3.8, 4) is 0 Å². The van der Waals surface area contributed by atoms with Gasteiger partial charge in [-0.1, -0.05) is 12.1 Å². The maximum absolute atomic E-state index is 14.9. The quantitative estimate of drug-likeness (QED) is 0.492. The van der Waals surface area contributed by atoms with Gasteiger partial charge in [0, 0.05) is 30.4 Å². The van der Waals surface area contributed by atoms with E-state index in [0.29, 0.717) is 23.7 Å². The molecule has 3 aromatic rings. The number of pyridine rings is 1. The number of halogens is 1. The van der Waals surface area contributed by atoms with Crippen molar-refractivity contribution in [3.63, 3.8) is 0 Å². The number of anilines is 3. The van der Waals surface area contributed by atoms with Crippen LogP contribution in [0.15, 0.2) is 41.3 Å². The summed E-state index contributed by atoms with van der Waals surface area (Å²) in [6, 6.07) is 9.24. The molecule has 2 atom stereocenters. The number of aromatic nitrogens is 1. The van der Waals surface area contributed by atoms with Crippen molar-refractivity contribution in [2.75, 3.05) is 11.1 Å². The van der Waals surface area contributed by atoms with Crippen molar-refractivity contribution in [2.45, 2.75) is 31.8 Å². The standard InChI is InChI=1S/C21H21FN4O3/c1-2-26-9-13(21(28)29)20(27)17-16(26)8-15(18(22)19(17)24)25-11-5-3-10(4-6-11)12-7-14(12)23/h3-6,8-9,12,14,25H,2,7,23-24H2,1H3,(H,28,29)/t12-,14+/m0/s1. The molecule has 0 aliphatic heterocycles. The molecule has 0 unspecified atom stereocenters. The molecule has 1 aliphatic rings. The molecule has 0 spiro atoms. The summed E-state index contributed by atoms with van der Waals surface area (Å²) in [5.74, 6) is -1.80. The molecule has 1 saturated carbocycles. The number of hydrogen-bond donors (Lipinski definition) is 4. The van der Waals surface area contributed by atoms with Crippen LogP contribution in [-0.4, -0.2) is 21.7 Å². The van der Waals surface area contributed by atoms with Gasteiger partial charge in [0.2, 0.25) is 5.43 Å². The Bertz CT molecular complexity index is 1190. The third kappa shape index (κ3) is 3.21. The Hall–Kier alpha value is -3.39. The molecule has 1 fully saturated rings. The summed E-state index contributed by atoms with van der Waals surface area (Å²) in [4.78, 5) is 23.9. The van der Waals surface area contributed by atoms with Crippen molar-refractivity contribution < 1.29 is 14.3 Å². The number of fused-ring (bicyclic) bond motifs is 1. The highest BCUT2D eigenvalue weighted by Gasteiger charge is 2.34. The van der Waals surface area contributed by atoms with E-state index in [1.54, 1.807) is 11.5 Å². The minimum atomic E-state index is -1.38. The van der Waals surface area contributed by atoms with Gasteiger partial charge in [-0.15, -0.1) is 0 Å². The van der Waals surface area contributed by atoms with Gasteiger partial charge in [0.25, 0.3) is 0 Å². The third-order valence-electron chi connectivity index (χ3n) is 5.37. The second kappa shape index (κ2) is 6.89. The molecule has 1 aromatic heterocycles. The van der Waals surface area contributed by atoms with E-state index in [1.165, 1.54) is 12.3 Å². The van der Waals surface area contributed by atoms with Crippen molar-refractivity contribution in [1.82, 2.24) is 4.57 Å². The molecule has 0 saturated heterocycles. The van der Waals surface area contributed by atoms with Crippen molar-refractivity contribution >= 4 is 33.9 Å². The third-order valence-corrected chi connectivity index (χ3v) is 5.37. The van der Waals surface area contributed by atoms with E-state index >= 15 is 0 Å². The lowest BCUT2D eigenvalue weighted by molar-refractivity contribution is 0.0695. The zero-order chi connectivity index (χ0) is 20.9. The Kier molecular flexibility index (Phi) is 4.50. The summed E-state index contributed by atoms with van der Waals surface area (Å²) in [5.41, 5.74) is 12.4. The Morgan fingerprint density at radius 3 is 2.55 bits per heavy atom. The Labute approximate surface area is 165 Å². The van der Waals surface area contributed by atoms with Crippen molar-refractivity contribution in [1.29, 1.82) is 0 Å². The number of carboxylic acid groups (broad SMARTS) is 1. The molecule has 150 valence electrons. The zero-order valence-electron chi connectivity index (χ0n) is 15.8. The number of nitrogens with one attached hydrogen (secondary N) is 1. The van der Waals surface area contributed by atoms with Gasteiger partial charge in [-0.2, -0.15) is 0 Å². The first-order valence-corrected chi connectivity index (χ1v) is 9.32.